The molecule has 2 heterocycles. The average molecular weight is 270 g/mol. The van der Waals surface area contributed by atoms with Crippen molar-refractivity contribution in [3.8, 4) is 0 Å². The van der Waals surface area contributed by atoms with E-state index in [1.807, 2.05) is 7.05 Å². The highest BCUT2D eigenvalue weighted by molar-refractivity contribution is 7.89. The van der Waals surface area contributed by atoms with E-state index < -0.39 is 10.0 Å². The number of nitrogens with two attached hydrogens (primary N) is 1. The standard InChI is InChI=1S/C11H18N4O2S/c1-8-9(5-7-15(8)2)14-11-10(18(12,16)17)4-3-6-13-11/h3-4,6,8-9H,5,7H2,1-2H3,(H,13,14)(H2,12,16,17). The number of aromatic nitrogens is 1. The number of anilines is 1. The molecular weight excluding hydrogens is 252 g/mol. The van der Waals surface area contributed by atoms with Crippen LogP contribution in [-0.2, 0) is 10.0 Å². The molecule has 7 heteroatoms. The van der Waals surface area contributed by atoms with Crippen LogP contribution in [0.15, 0.2) is 23.2 Å². The number of hydrogen-bond acceptors (Lipinski definition) is 5. The molecule has 3 N–H and O–H groups in total. The fraction of sp³-hybridized carbons (Fsp3) is 0.545. The second-order valence-electron chi connectivity index (χ2n) is 4.66. The summed E-state index contributed by atoms with van der Waals surface area (Å²) in [6.45, 7) is 3.08. The van der Waals surface area contributed by atoms with Crippen LogP contribution in [0.3, 0.4) is 0 Å². The Bertz CT molecular complexity index is 532. The second kappa shape index (κ2) is 4.83. The quantitative estimate of drug-likeness (QED) is 0.821. The highest BCUT2D eigenvalue weighted by Gasteiger charge is 2.29. The van der Waals surface area contributed by atoms with E-state index in [9.17, 15) is 8.42 Å². The number of rotatable bonds is 3. The summed E-state index contributed by atoms with van der Waals surface area (Å²) in [5, 5.41) is 8.36. The number of hydrogen-bond donors (Lipinski definition) is 2. The lowest BCUT2D eigenvalue weighted by Gasteiger charge is -2.22. The molecule has 1 aromatic rings. The molecule has 2 rings (SSSR count). The van der Waals surface area contributed by atoms with Crippen molar-refractivity contribution in [2.24, 2.45) is 5.14 Å². The minimum atomic E-state index is -3.74. The molecule has 1 aliphatic heterocycles. The van der Waals surface area contributed by atoms with Gasteiger partial charge < -0.3 is 10.2 Å². The van der Waals surface area contributed by atoms with Crippen LogP contribution in [0, 0.1) is 0 Å². The maximum Gasteiger partial charge on any atom is 0.241 e. The van der Waals surface area contributed by atoms with Gasteiger partial charge in [-0.2, -0.15) is 0 Å². The first kappa shape index (κ1) is 13.3. The fourth-order valence-electron chi connectivity index (χ4n) is 2.19. The molecule has 0 aliphatic carbocycles. The average Bonchev–Trinajstić information content (AvgIpc) is 2.60. The van der Waals surface area contributed by atoms with Gasteiger partial charge in [0, 0.05) is 24.8 Å². The summed E-state index contributed by atoms with van der Waals surface area (Å²) in [6.07, 6.45) is 2.51. The maximum atomic E-state index is 11.5. The van der Waals surface area contributed by atoms with Crippen molar-refractivity contribution in [2.45, 2.75) is 30.3 Å². The van der Waals surface area contributed by atoms with Crippen molar-refractivity contribution < 1.29 is 8.42 Å². The van der Waals surface area contributed by atoms with E-state index in [2.05, 4.69) is 22.1 Å². The van der Waals surface area contributed by atoms with E-state index in [-0.39, 0.29) is 10.9 Å². The van der Waals surface area contributed by atoms with Gasteiger partial charge in [0.05, 0.1) is 0 Å². The van der Waals surface area contributed by atoms with E-state index in [1.165, 1.54) is 6.07 Å². The number of nitrogens with one attached hydrogen (secondary N) is 1. The number of likely N-dealkylation sites (N-methyl/N-ethyl adjacent to an activating group) is 1. The van der Waals surface area contributed by atoms with Crippen LogP contribution in [0.25, 0.3) is 0 Å². The molecule has 0 bridgehead atoms. The Morgan fingerprint density at radius 2 is 2.28 bits per heavy atom. The molecule has 0 saturated carbocycles. The molecule has 100 valence electrons. The van der Waals surface area contributed by atoms with E-state index >= 15 is 0 Å². The Hall–Kier alpha value is -1.18. The van der Waals surface area contributed by atoms with Crippen molar-refractivity contribution in [3.63, 3.8) is 0 Å². The van der Waals surface area contributed by atoms with E-state index in [4.69, 9.17) is 5.14 Å². The molecule has 1 fully saturated rings. The van der Waals surface area contributed by atoms with Gasteiger partial charge >= 0.3 is 0 Å². The van der Waals surface area contributed by atoms with Crippen LogP contribution in [0.5, 0.6) is 0 Å². The van der Waals surface area contributed by atoms with Gasteiger partial charge in [0.2, 0.25) is 10.0 Å². The topological polar surface area (TPSA) is 88.3 Å². The number of nitrogens with zero attached hydrogens (tertiary/aromatic N) is 2. The molecule has 1 aliphatic rings. The highest BCUT2D eigenvalue weighted by Crippen LogP contribution is 2.23. The van der Waals surface area contributed by atoms with Gasteiger partial charge in [-0.15, -0.1) is 0 Å². The largest absolute Gasteiger partial charge is 0.365 e. The first-order valence-corrected chi connectivity index (χ1v) is 7.39. The van der Waals surface area contributed by atoms with Crippen LogP contribution < -0.4 is 10.5 Å². The Balaban J connectivity index is 2.25. The Kier molecular flexibility index (Phi) is 3.56. The highest BCUT2D eigenvalue weighted by atomic mass is 32.2. The Morgan fingerprint density at radius 3 is 2.83 bits per heavy atom. The van der Waals surface area contributed by atoms with E-state index in [0.717, 1.165) is 13.0 Å². The van der Waals surface area contributed by atoms with Gasteiger partial charge in [0.15, 0.2) is 0 Å². The van der Waals surface area contributed by atoms with Gasteiger partial charge in [-0.3, -0.25) is 0 Å². The zero-order chi connectivity index (χ0) is 13.3. The number of likely N-dealkylation sites (tertiary alicyclic amines) is 1. The smallest absolute Gasteiger partial charge is 0.241 e. The molecule has 2 atom stereocenters. The summed E-state index contributed by atoms with van der Waals surface area (Å²) >= 11 is 0. The predicted molar refractivity (Wildman–Crippen MR) is 69.7 cm³/mol. The predicted octanol–water partition coefficient (Wildman–Crippen LogP) is 0.234. The molecule has 2 unspecified atom stereocenters. The van der Waals surface area contributed by atoms with Crippen LogP contribution in [-0.4, -0.2) is 44.0 Å². The SMILES string of the molecule is CC1C(Nc2ncccc2S(N)(=O)=O)CCN1C. The van der Waals surface area contributed by atoms with Crippen LogP contribution in [0.1, 0.15) is 13.3 Å². The second-order valence-corrected chi connectivity index (χ2v) is 6.19. The van der Waals surface area contributed by atoms with Crippen LogP contribution >= 0.6 is 0 Å². The third-order valence-electron chi connectivity index (χ3n) is 3.47. The lowest BCUT2D eigenvalue weighted by molar-refractivity contribution is 0.323. The molecule has 1 saturated heterocycles. The molecule has 18 heavy (non-hydrogen) atoms. The summed E-state index contributed by atoms with van der Waals surface area (Å²) in [7, 11) is -1.70. The molecule has 0 aromatic carbocycles. The minimum absolute atomic E-state index is 0.0479. The fourth-order valence-corrected chi connectivity index (χ4v) is 2.84. The van der Waals surface area contributed by atoms with Gasteiger partial charge in [0.25, 0.3) is 0 Å². The minimum Gasteiger partial charge on any atom is -0.365 e. The molecule has 0 amide bonds. The lowest BCUT2D eigenvalue weighted by Crippen LogP contribution is -2.34. The summed E-state index contributed by atoms with van der Waals surface area (Å²) in [5.41, 5.74) is 0. The molecule has 0 spiro atoms. The van der Waals surface area contributed by atoms with Gasteiger partial charge in [0.1, 0.15) is 10.7 Å². The van der Waals surface area contributed by atoms with Gasteiger partial charge in [-0.25, -0.2) is 18.5 Å². The molecule has 6 nitrogen and oxygen atoms in total. The van der Waals surface area contributed by atoms with E-state index in [1.54, 1.807) is 12.3 Å². The van der Waals surface area contributed by atoms with Crippen LogP contribution in [0.2, 0.25) is 0 Å². The normalized spacial score (nSPS) is 25.3. The van der Waals surface area contributed by atoms with Crippen molar-refractivity contribution in [1.29, 1.82) is 0 Å². The number of pyridine rings is 1. The first-order valence-electron chi connectivity index (χ1n) is 5.84. The van der Waals surface area contributed by atoms with E-state index in [0.29, 0.717) is 11.9 Å². The van der Waals surface area contributed by atoms with Gasteiger partial charge in [-0.1, -0.05) is 0 Å². The van der Waals surface area contributed by atoms with Crippen molar-refractivity contribution in [3.05, 3.63) is 18.3 Å². The Labute approximate surface area is 107 Å². The maximum absolute atomic E-state index is 11.5. The Morgan fingerprint density at radius 1 is 1.56 bits per heavy atom. The number of primary sulfonamides is 1. The monoisotopic (exact) mass is 270 g/mol. The van der Waals surface area contributed by atoms with Crippen LogP contribution in [0.4, 0.5) is 5.82 Å². The zero-order valence-corrected chi connectivity index (χ0v) is 11.3. The third-order valence-corrected chi connectivity index (χ3v) is 4.41. The first-order chi connectivity index (χ1) is 8.39. The summed E-state index contributed by atoms with van der Waals surface area (Å²) in [4.78, 5) is 6.35. The van der Waals surface area contributed by atoms with Crippen molar-refractivity contribution >= 4 is 15.8 Å². The molecule has 1 aromatic heterocycles. The summed E-state index contributed by atoms with van der Waals surface area (Å²) in [5.74, 6) is 0.340. The van der Waals surface area contributed by atoms with Crippen molar-refractivity contribution in [2.75, 3.05) is 18.9 Å². The summed E-state index contributed by atoms with van der Waals surface area (Å²) < 4.78 is 22.9. The third kappa shape index (κ3) is 2.63. The summed E-state index contributed by atoms with van der Waals surface area (Å²) in [6, 6.07) is 3.55. The lowest BCUT2D eigenvalue weighted by atomic mass is 10.1. The zero-order valence-electron chi connectivity index (χ0n) is 10.5. The number of sulfonamides is 1. The molecule has 0 radical (unpaired) electrons. The van der Waals surface area contributed by atoms with Crippen molar-refractivity contribution in [1.82, 2.24) is 9.88 Å². The molecular formula is C11H18N4O2S. The van der Waals surface area contributed by atoms with Gasteiger partial charge in [-0.05, 0) is 32.5 Å².